The van der Waals surface area contributed by atoms with E-state index in [1.54, 1.807) is 33.5 Å². The average Bonchev–Trinajstić information content (AvgIpc) is 3.11. The van der Waals surface area contributed by atoms with Crippen LogP contribution in [0.5, 0.6) is 17.2 Å². The lowest BCUT2D eigenvalue weighted by molar-refractivity contribution is -0.230. The van der Waals surface area contributed by atoms with Gasteiger partial charge in [-0.15, -0.1) is 11.8 Å². The highest BCUT2D eigenvalue weighted by atomic mass is 32.2. The van der Waals surface area contributed by atoms with Gasteiger partial charge < -0.3 is 39.6 Å². The van der Waals surface area contributed by atoms with Gasteiger partial charge in [-0.05, 0) is 54.0 Å². The summed E-state index contributed by atoms with van der Waals surface area (Å²) in [6.07, 6.45) is -1.09. The molecule has 190 valence electrons. The number of rotatable bonds is 6. The lowest BCUT2D eigenvalue weighted by Crippen LogP contribution is -2.58. The van der Waals surface area contributed by atoms with Crippen LogP contribution in [-0.2, 0) is 11.2 Å². The van der Waals surface area contributed by atoms with Crippen LogP contribution in [0.1, 0.15) is 23.6 Å². The first-order chi connectivity index (χ1) is 16.8. The van der Waals surface area contributed by atoms with Crippen molar-refractivity contribution in [3.05, 3.63) is 45.6 Å². The van der Waals surface area contributed by atoms with Crippen molar-refractivity contribution in [1.29, 1.82) is 0 Å². The fraction of sp³-hybridized carbons (Fsp3) is 0.480. The van der Waals surface area contributed by atoms with Gasteiger partial charge in [0.15, 0.2) is 23.2 Å². The quantitative estimate of drug-likeness (QED) is 0.429. The number of fused-ring (bicyclic) bond motifs is 3. The molecule has 10 heteroatoms. The Labute approximate surface area is 208 Å². The molecule has 0 spiro atoms. The highest BCUT2D eigenvalue weighted by Crippen LogP contribution is 2.50. The second-order valence-corrected chi connectivity index (χ2v) is 9.38. The van der Waals surface area contributed by atoms with Crippen LogP contribution in [0, 0.1) is 0 Å². The molecule has 1 aliphatic carbocycles. The number of hydrogen-bond acceptors (Lipinski definition) is 10. The van der Waals surface area contributed by atoms with Gasteiger partial charge in [0, 0.05) is 11.6 Å². The number of methoxy groups -OCH3 is 3. The molecule has 1 aliphatic heterocycles. The number of aryl methyl sites for hydroxylation is 1. The number of aliphatic hydroxyl groups is 3. The molecule has 4 rings (SSSR count). The predicted octanol–water partition coefficient (Wildman–Crippen LogP) is 1.48. The van der Waals surface area contributed by atoms with Crippen molar-refractivity contribution in [3.8, 4) is 28.4 Å². The maximum Gasteiger partial charge on any atom is 0.203 e. The van der Waals surface area contributed by atoms with Crippen LogP contribution in [0.25, 0.3) is 11.1 Å². The lowest BCUT2D eigenvalue weighted by Gasteiger charge is -2.37. The molecule has 1 saturated heterocycles. The second-order valence-electron chi connectivity index (χ2n) is 8.53. The van der Waals surface area contributed by atoms with E-state index in [1.807, 2.05) is 18.4 Å². The van der Waals surface area contributed by atoms with Gasteiger partial charge in [0.25, 0.3) is 0 Å². The van der Waals surface area contributed by atoms with E-state index in [4.69, 9.17) is 18.9 Å². The maximum atomic E-state index is 13.0. The molecule has 4 unspecified atom stereocenters. The topological polar surface area (TPSA) is 127 Å². The molecule has 9 nitrogen and oxygen atoms in total. The molecule has 2 aromatic rings. The van der Waals surface area contributed by atoms with Crippen molar-refractivity contribution in [2.24, 2.45) is 0 Å². The third-order valence-electron chi connectivity index (χ3n) is 6.64. The molecule has 2 aliphatic rings. The number of aliphatic hydroxyl groups excluding tert-OH is 3. The summed E-state index contributed by atoms with van der Waals surface area (Å²) in [4.78, 5) is 13.6. The zero-order valence-electron chi connectivity index (χ0n) is 20.1. The fourth-order valence-corrected chi connectivity index (χ4v) is 5.32. The number of thioether (sulfide) groups is 1. The van der Waals surface area contributed by atoms with E-state index in [0.29, 0.717) is 35.0 Å². The van der Waals surface area contributed by atoms with E-state index in [9.17, 15) is 20.1 Å². The summed E-state index contributed by atoms with van der Waals surface area (Å²) in [5.74, 6) is 1.50. The number of ether oxygens (including phenoxy) is 4. The summed E-state index contributed by atoms with van der Waals surface area (Å²) >= 11 is 1.37. The SMILES string of the molecule is COc1cc2c(c(OC)c1OC)-c1ccc(SC)c(=O)cc1[C@@H](NC1COC(O)C(O)C1O)CC2. The van der Waals surface area contributed by atoms with Crippen LogP contribution in [-0.4, -0.2) is 74.1 Å². The summed E-state index contributed by atoms with van der Waals surface area (Å²) in [5, 5.41) is 33.8. The van der Waals surface area contributed by atoms with Gasteiger partial charge in [-0.2, -0.15) is 0 Å². The van der Waals surface area contributed by atoms with Crippen LogP contribution in [0.15, 0.2) is 34.0 Å². The number of hydrogen-bond donors (Lipinski definition) is 4. The van der Waals surface area contributed by atoms with Crippen molar-refractivity contribution in [3.63, 3.8) is 0 Å². The Morgan fingerprint density at radius 3 is 2.43 bits per heavy atom. The summed E-state index contributed by atoms with van der Waals surface area (Å²) < 4.78 is 22.2. The van der Waals surface area contributed by atoms with Crippen molar-refractivity contribution in [2.45, 2.75) is 48.3 Å². The van der Waals surface area contributed by atoms with Gasteiger partial charge in [-0.3, -0.25) is 4.79 Å². The van der Waals surface area contributed by atoms with E-state index in [-0.39, 0.29) is 18.1 Å². The van der Waals surface area contributed by atoms with Gasteiger partial charge in [-0.25, -0.2) is 0 Å². The van der Waals surface area contributed by atoms with Gasteiger partial charge >= 0.3 is 0 Å². The minimum atomic E-state index is -1.45. The molecule has 4 N–H and O–H groups in total. The molecule has 1 fully saturated rings. The zero-order valence-corrected chi connectivity index (χ0v) is 20.9. The molecule has 0 radical (unpaired) electrons. The summed E-state index contributed by atoms with van der Waals surface area (Å²) in [7, 11) is 4.68. The Morgan fingerprint density at radius 2 is 1.77 bits per heavy atom. The number of benzene rings is 1. The number of nitrogens with one attached hydrogen (secondary N) is 1. The van der Waals surface area contributed by atoms with Crippen LogP contribution in [0.3, 0.4) is 0 Å². The molecule has 2 aromatic carbocycles. The second kappa shape index (κ2) is 10.7. The van der Waals surface area contributed by atoms with Crippen molar-refractivity contribution < 1.29 is 34.3 Å². The van der Waals surface area contributed by atoms with Crippen LogP contribution < -0.4 is 25.0 Å². The smallest absolute Gasteiger partial charge is 0.203 e. The predicted molar refractivity (Wildman–Crippen MR) is 132 cm³/mol. The largest absolute Gasteiger partial charge is 0.493 e. The Bertz CT molecular complexity index is 1140. The zero-order chi connectivity index (χ0) is 25.3. The summed E-state index contributed by atoms with van der Waals surface area (Å²) in [5.41, 5.74) is 3.17. The van der Waals surface area contributed by atoms with E-state index in [0.717, 1.165) is 22.3 Å². The van der Waals surface area contributed by atoms with Gasteiger partial charge in [0.05, 0.1) is 38.9 Å². The van der Waals surface area contributed by atoms with E-state index < -0.39 is 24.5 Å². The van der Waals surface area contributed by atoms with Crippen LogP contribution in [0.2, 0.25) is 0 Å². The summed E-state index contributed by atoms with van der Waals surface area (Å²) in [6.45, 7) is 0.00238. The third kappa shape index (κ3) is 4.74. The molecule has 5 atom stereocenters. The van der Waals surface area contributed by atoms with Gasteiger partial charge in [-0.1, -0.05) is 6.07 Å². The van der Waals surface area contributed by atoms with E-state index in [1.165, 1.54) is 11.8 Å². The van der Waals surface area contributed by atoms with Crippen molar-refractivity contribution in [1.82, 2.24) is 5.32 Å². The van der Waals surface area contributed by atoms with E-state index in [2.05, 4.69) is 5.32 Å². The maximum absolute atomic E-state index is 13.0. The molecular weight excluding hydrogens is 474 g/mol. The van der Waals surface area contributed by atoms with Crippen LogP contribution in [0.4, 0.5) is 0 Å². The molecule has 0 amide bonds. The summed E-state index contributed by atoms with van der Waals surface area (Å²) in [6, 6.07) is 6.22. The first-order valence-electron chi connectivity index (χ1n) is 11.3. The minimum absolute atomic E-state index is 0.00238. The highest BCUT2D eigenvalue weighted by molar-refractivity contribution is 7.98. The standard InChI is InChI=1S/C25H31NO8S/c1-31-18-9-12-5-7-15(26-16-11-34-25(30)22(29)21(16)28)14-10-17(27)19(35-4)8-6-13(14)20(12)24(33-3)23(18)32-2/h6,8-10,15-16,21-22,25-26,28-30H,5,7,11H2,1-4H3/t15-,16?,21?,22?,25?/m0/s1. The van der Waals surface area contributed by atoms with Gasteiger partial charge in [0.2, 0.25) is 5.75 Å². The van der Waals surface area contributed by atoms with E-state index >= 15 is 0 Å². The first kappa shape index (κ1) is 25.7. The Balaban J connectivity index is 1.90. The molecular formula is C25H31NO8S. The lowest BCUT2D eigenvalue weighted by atomic mass is 9.94. The average molecular weight is 506 g/mol. The normalized spacial score (nSPS) is 25.7. The Hall–Kier alpha value is -2.34. The Kier molecular flexibility index (Phi) is 7.89. The monoisotopic (exact) mass is 505 g/mol. The first-order valence-corrected chi connectivity index (χ1v) is 12.5. The minimum Gasteiger partial charge on any atom is -0.493 e. The van der Waals surface area contributed by atoms with Crippen LogP contribution >= 0.6 is 11.8 Å². The van der Waals surface area contributed by atoms with Gasteiger partial charge in [0.1, 0.15) is 12.2 Å². The molecule has 0 bridgehead atoms. The van der Waals surface area contributed by atoms with Crippen molar-refractivity contribution in [2.75, 3.05) is 34.2 Å². The molecule has 0 aromatic heterocycles. The third-order valence-corrected chi connectivity index (χ3v) is 7.41. The highest BCUT2D eigenvalue weighted by Gasteiger charge is 2.39. The Morgan fingerprint density at radius 1 is 1.03 bits per heavy atom. The molecule has 1 heterocycles. The van der Waals surface area contributed by atoms with Crippen molar-refractivity contribution >= 4 is 11.8 Å². The molecule has 0 saturated carbocycles. The molecule has 35 heavy (non-hydrogen) atoms. The fourth-order valence-electron chi connectivity index (χ4n) is 4.85.